The highest BCUT2D eigenvalue weighted by Crippen LogP contribution is 2.47. The van der Waals surface area contributed by atoms with Crippen LogP contribution in [0.4, 0.5) is 4.39 Å². The Morgan fingerprint density at radius 2 is 1.67 bits per heavy atom. The molecule has 0 bridgehead atoms. The third-order valence-corrected chi connectivity index (χ3v) is 6.60. The zero-order chi connectivity index (χ0) is 21.0. The van der Waals surface area contributed by atoms with E-state index in [0.29, 0.717) is 38.9 Å². The van der Waals surface area contributed by atoms with E-state index < -0.39 is 0 Å². The Labute approximate surface area is 177 Å². The molecule has 1 saturated carbocycles. The molecule has 0 aromatic heterocycles. The van der Waals surface area contributed by atoms with Gasteiger partial charge in [-0.3, -0.25) is 9.59 Å². The normalized spacial score (nSPS) is 18.1. The van der Waals surface area contributed by atoms with E-state index in [1.165, 1.54) is 17.7 Å². The number of piperidine rings is 1. The fourth-order valence-corrected chi connectivity index (χ4v) is 4.37. The number of hydrogen-bond donors (Lipinski definition) is 1. The van der Waals surface area contributed by atoms with Crippen molar-refractivity contribution >= 4 is 11.8 Å². The summed E-state index contributed by atoms with van der Waals surface area (Å²) in [6.45, 7) is 1.90. The molecule has 0 spiro atoms. The van der Waals surface area contributed by atoms with Crippen molar-refractivity contribution in [2.24, 2.45) is 5.92 Å². The van der Waals surface area contributed by atoms with Crippen molar-refractivity contribution in [3.63, 3.8) is 0 Å². The van der Waals surface area contributed by atoms with Crippen molar-refractivity contribution in [2.45, 2.75) is 43.9 Å². The highest BCUT2D eigenvalue weighted by atomic mass is 19.1. The Morgan fingerprint density at radius 1 is 1.00 bits per heavy atom. The second-order valence-corrected chi connectivity index (χ2v) is 8.65. The highest BCUT2D eigenvalue weighted by Gasteiger charge is 2.44. The molecule has 1 N–H and O–H groups in total. The van der Waals surface area contributed by atoms with Gasteiger partial charge < -0.3 is 10.2 Å². The monoisotopic (exact) mass is 408 g/mol. The van der Waals surface area contributed by atoms with E-state index in [-0.39, 0.29) is 29.0 Å². The lowest BCUT2D eigenvalue weighted by Gasteiger charge is -2.32. The van der Waals surface area contributed by atoms with Crippen LogP contribution in [0.15, 0.2) is 54.6 Å². The number of halogens is 1. The van der Waals surface area contributed by atoms with Gasteiger partial charge in [-0.2, -0.15) is 0 Å². The van der Waals surface area contributed by atoms with Gasteiger partial charge in [0.15, 0.2) is 0 Å². The minimum Gasteiger partial charge on any atom is -0.355 e. The number of amides is 2. The molecule has 158 valence electrons. The number of carbonyl (C=O) groups excluding carboxylic acids is 2. The quantitative estimate of drug-likeness (QED) is 0.757. The van der Waals surface area contributed by atoms with Crippen LogP contribution in [0.5, 0.6) is 0 Å². The van der Waals surface area contributed by atoms with E-state index in [1.54, 1.807) is 0 Å². The van der Waals surface area contributed by atoms with Crippen LogP contribution in [0.1, 0.15) is 43.2 Å². The molecule has 2 aromatic carbocycles. The summed E-state index contributed by atoms with van der Waals surface area (Å²) < 4.78 is 13.2. The van der Waals surface area contributed by atoms with Gasteiger partial charge in [-0.1, -0.05) is 42.5 Å². The van der Waals surface area contributed by atoms with Crippen LogP contribution in [0.25, 0.3) is 0 Å². The molecule has 30 heavy (non-hydrogen) atoms. The van der Waals surface area contributed by atoms with Gasteiger partial charge in [0.25, 0.3) is 0 Å². The number of benzene rings is 2. The molecule has 0 radical (unpaired) electrons. The summed E-state index contributed by atoms with van der Waals surface area (Å²) in [7, 11) is 0. The molecule has 1 aliphatic carbocycles. The Kier molecular flexibility index (Phi) is 6.16. The molecule has 1 aliphatic heterocycles. The summed E-state index contributed by atoms with van der Waals surface area (Å²) in [5.41, 5.74) is 2.25. The van der Waals surface area contributed by atoms with Crippen molar-refractivity contribution in [3.8, 4) is 0 Å². The maximum atomic E-state index is 13.2. The van der Waals surface area contributed by atoms with E-state index >= 15 is 0 Å². The van der Waals surface area contributed by atoms with Crippen LogP contribution < -0.4 is 5.32 Å². The summed E-state index contributed by atoms with van der Waals surface area (Å²) in [5.74, 6) is -0.0124. The predicted molar refractivity (Wildman–Crippen MR) is 114 cm³/mol. The van der Waals surface area contributed by atoms with E-state index in [4.69, 9.17) is 0 Å². The van der Waals surface area contributed by atoms with E-state index in [9.17, 15) is 14.0 Å². The number of nitrogens with zero attached hydrogens (tertiary/aromatic N) is 1. The summed E-state index contributed by atoms with van der Waals surface area (Å²) >= 11 is 0. The van der Waals surface area contributed by atoms with Gasteiger partial charge >= 0.3 is 0 Å². The predicted octanol–water partition coefficient (Wildman–Crippen LogP) is 3.84. The Balaban J connectivity index is 1.21. The average molecular weight is 409 g/mol. The van der Waals surface area contributed by atoms with Crippen LogP contribution in [-0.2, 0) is 21.4 Å². The van der Waals surface area contributed by atoms with Crippen molar-refractivity contribution in [3.05, 3.63) is 71.5 Å². The van der Waals surface area contributed by atoms with Gasteiger partial charge in [0.1, 0.15) is 5.82 Å². The molecule has 2 amide bonds. The molecule has 1 saturated heterocycles. The summed E-state index contributed by atoms with van der Waals surface area (Å²) in [6.07, 6.45) is 4.74. The number of nitrogens with one attached hydrogen (secondary N) is 1. The van der Waals surface area contributed by atoms with E-state index in [2.05, 4.69) is 5.32 Å². The molecule has 0 unspecified atom stereocenters. The standard InChI is InChI=1S/C25H29FN2O2/c26-22-9-7-21(8-10-22)25(14-15-25)18-27-24(30)20-12-16-28(17-13-20)23(29)11-6-19-4-2-1-3-5-19/h1-5,7-10,20H,6,11-18H2,(H,27,30). The van der Waals surface area contributed by atoms with Crippen molar-refractivity contribution < 1.29 is 14.0 Å². The minimum atomic E-state index is -0.233. The number of hydrogen-bond acceptors (Lipinski definition) is 2. The number of carbonyl (C=O) groups is 2. The summed E-state index contributed by atoms with van der Waals surface area (Å²) in [6, 6.07) is 16.7. The highest BCUT2D eigenvalue weighted by molar-refractivity contribution is 5.80. The maximum Gasteiger partial charge on any atom is 0.223 e. The molecule has 0 atom stereocenters. The summed E-state index contributed by atoms with van der Waals surface area (Å²) in [5, 5.41) is 3.12. The van der Waals surface area contributed by atoms with Crippen molar-refractivity contribution in [2.75, 3.05) is 19.6 Å². The first-order valence-corrected chi connectivity index (χ1v) is 10.9. The first-order valence-electron chi connectivity index (χ1n) is 10.9. The van der Waals surface area contributed by atoms with Gasteiger partial charge in [0, 0.05) is 37.4 Å². The maximum absolute atomic E-state index is 13.2. The molecule has 2 aliphatic rings. The molecule has 2 fully saturated rings. The lowest BCUT2D eigenvalue weighted by Crippen LogP contribution is -2.44. The van der Waals surface area contributed by atoms with Crippen LogP contribution in [0.3, 0.4) is 0 Å². The zero-order valence-corrected chi connectivity index (χ0v) is 17.3. The van der Waals surface area contributed by atoms with E-state index in [0.717, 1.165) is 24.8 Å². The van der Waals surface area contributed by atoms with E-state index in [1.807, 2.05) is 47.4 Å². The fraction of sp³-hybridized carbons (Fsp3) is 0.440. The third-order valence-electron chi connectivity index (χ3n) is 6.60. The summed E-state index contributed by atoms with van der Waals surface area (Å²) in [4.78, 5) is 27.1. The molecule has 2 aromatic rings. The lowest BCUT2D eigenvalue weighted by atomic mass is 9.93. The first-order chi connectivity index (χ1) is 14.6. The zero-order valence-electron chi connectivity index (χ0n) is 17.3. The molecule has 4 rings (SSSR count). The number of rotatable bonds is 7. The smallest absolute Gasteiger partial charge is 0.223 e. The van der Waals surface area contributed by atoms with Crippen LogP contribution >= 0.6 is 0 Å². The van der Waals surface area contributed by atoms with Crippen LogP contribution in [0, 0.1) is 11.7 Å². The second kappa shape index (κ2) is 8.99. The molecule has 4 nitrogen and oxygen atoms in total. The third kappa shape index (κ3) is 4.89. The SMILES string of the molecule is O=C(NCC1(c2ccc(F)cc2)CC1)C1CCN(C(=O)CCc2ccccc2)CC1. The lowest BCUT2D eigenvalue weighted by molar-refractivity contribution is -0.135. The second-order valence-electron chi connectivity index (χ2n) is 8.65. The minimum absolute atomic E-state index is 0.0303. The molecular weight excluding hydrogens is 379 g/mol. The van der Waals surface area contributed by atoms with Gasteiger partial charge in [0.2, 0.25) is 11.8 Å². The molecule has 5 heteroatoms. The Hall–Kier alpha value is -2.69. The van der Waals surface area contributed by atoms with Crippen LogP contribution in [0.2, 0.25) is 0 Å². The largest absolute Gasteiger partial charge is 0.355 e. The van der Waals surface area contributed by atoms with Crippen molar-refractivity contribution in [1.29, 1.82) is 0 Å². The number of aryl methyl sites for hydroxylation is 1. The van der Waals surface area contributed by atoms with Crippen LogP contribution in [-0.4, -0.2) is 36.3 Å². The van der Waals surface area contributed by atoms with Gasteiger partial charge in [0.05, 0.1) is 0 Å². The topological polar surface area (TPSA) is 49.4 Å². The Morgan fingerprint density at radius 3 is 2.30 bits per heavy atom. The Bertz CT molecular complexity index is 870. The number of likely N-dealkylation sites (tertiary alicyclic amines) is 1. The first kappa shape index (κ1) is 20.6. The van der Waals surface area contributed by atoms with Crippen molar-refractivity contribution in [1.82, 2.24) is 10.2 Å². The average Bonchev–Trinajstić information content (AvgIpc) is 3.58. The van der Waals surface area contributed by atoms with Gasteiger partial charge in [-0.05, 0) is 55.4 Å². The van der Waals surface area contributed by atoms with Gasteiger partial charge in [-0.15, -0.1) is 0 Å². The molecule has 1 heterocycles. The fourth-order valence-electron chi connectivity index (χ4n) is 4.37. The molecular formula is C25H29FN2O2. The van der Waals surface area contributed by atoms with Gasteiger partial charge in [-0.25, -0.2) is 4.39 Å².